The number of nitrogens with zero attached hydrogens (tertiary/aromatic N) is 4. The first-order chi connectivity index (χ1) is 16.3. The Morgan fingerprint density at radius 1 is 1.26 bits per heavy atom. The number of fused-ring (bicyclic) bond motifs is 1. The zero-order valence-electron chi connectivity index (χ0n) is 18.0. The van der Waals surface area contributed by atoms with Crippen LogP contribution in [0.15, 0.2) is 32.5 Å². The Balaban J connectivity index is 1.65. The van der Waals surface area contributed by atoms with E-state index in [0.29, 0.717) is 30.4 Å². The molecule has 3 aromatic rings. The van der Waals surface area contributed by atoms with Crippen molar-refractivity contribution in [3.05, 3.63) is 39.7 Å². The van der Waals surface area contributed by atoms with Crippen molar-refractivity contribution >= 4 is 29.2 Å². The van der Waals surface area contributed by atoms with Crippen molar-refractivity contribution in [2.75, 3.05) is 24.3 Å². The smallest absolute Gasteiger partial charge is 0.435 e. The van der Waals surface area contributed by atoms with Gasteiger partial charge >= 0.3 is 11.3 Å². The topological polar surface area (TPSA) is 184 Å². The molecule has 1 unspecified atom stereocenters. The van der Waals surface area contributed by atoms with Crippen molar-refractivity contribution in [2.45, 2.75) is 17.2 Å². The van der Waals surface area contributed by atoms with E-state index < -0.39 is 10.9 Å². The summed E-state index contributed by atoms with van der Waals surface area (Å²) >= 11 is 0.964. The molecule has 0 bridgehead atoms. The molecule has 1 aliphatic rings. The summed E-state index contributed by atoms with van der Waals surface area (Å²) in [6.45, 7) is 2.50. The Morgan fingerprint density at radius 3 is 2.62 bits per heavy atom. The van der Waals surface area contributed by atoms with E-state index in [1.807, 2.05) is 12.1 Å². The summed E-state index contributed by atoms with van der Waals surface area (Å²) in [5, 5.41) is 24.0. The number of benzene rings is 1. The molecule has 0 fully saturated rings. The monoisotopic (exact) mass is 480 g/mol. The van der Waals surface area contributed by atoms with Crippen molar-refractivity contribution < 1.29 is 23.5 Å². The van der Waals surface area contributed by atoms with Crippen LogP contribution in [0.5, 0.6) is 11.5 Å². The van der Waals surface area contributed by atoms with E-state index in [9.17, 15) is 20.1 Å². The first kappa shape index (κ1) is 22.7. The highest BCUT2D eigenvalue weighted by Crippen LogP contribution is 2.36. The van der Waals surface area contributed by atoms with Crippen LogP contribution in [0.25, 0.3) is 11.3 Å². The lowest BCUT2D eigenvalue weighted by Gasteiger charge is -2.19. The number of anilines is 2. The molecular formula is C21H18N7O5S+. The number of hydrogen-bond donors (Lipinski definition) is 3. The number of pyridine rings is 1. The van der Waals surface area contributed by atoms with Crippen molar-refractivity contribution in [1.29, 1.82) is 10.5 Å². The number of nitriles is 2. The van der Waals surface area contributed by atoms with Crippen molar-refractivity contribution in [3.8, 4) is 34.9 Å². The van der Waals surface area contributed by atoms with Crippen molar-refractivity contribution in [2.24, 2.45) is 7.05 Å². The van der Waals surface area contributed by atoms with E-state index in [1.165, 1.54) is 11.7 Å². The number of nitrogens with one attached hydrogen (secondary N) is 2. The quantitative estimate of drug-likeness (QED) is 0.352. The number of carbonyl (C=O) groups excluding carboxylic acids is 1. The summed E-state index contributed by atoms with van der Waals surface area (Å²) in [4.78, 5) is 29.2. The second-order valence-electron chi connectivity index (χ2n) is 7.15. The summed E-state index contributed by atoms with van der Waals surface area (Å²) < 4.78 is 17.0. The van der Waals surface area contributed by atoms with E-state index in [1.54, 1.807) is 25.1 Å². The second-order valence-corrected chi connectivity index (χ2v) is 8.48. The lowest BCUT2D eigenvalue weighted by molar-refractivity contribution is -0.730. The molecule has 1 atom stereocenters. The largest absolute Gasteiger partial charge is 0.486 e. The molecular weight excluding hydrogens is 462 g/mol. The standard InChI is InChI=1S/C21H17N7O5S/c1-10(19(29)25-11-3-4-14-15(7-11)32-6-5-31-14)34-20-13(9-23)16(12(8-22)18(24)26-20)17-21(30)33-27-28(17)2/h3-4,7,10H,5-6H2,1-2H3,(H3-,24,25,26,27,29,30)/p+1. The van der Waals surface area contributed by atoms with Crippen LogP contribution in [0.2, 0.25) is 0 Å². The molecule has 4 rings (SSSR count). The molecule has 4 N–H and O–H groups in total. The molecule has 13 heteroatoms. The minimum absolute atomic E-state index is 0.0167. The number of thioether (sulfide) groups is 1. The van der Waals surface area contributed by atoms with Crippen LogP contribution in [0, 0.1) is 22.7 Å². The van der Waals surface area contributed by atoms with Gasteiger partial charge in [0.15, 0.2) is 18.5 Å². The Hall–Kier alpha value is -4.49. The number of nitrogen functional groups attached to an aromatic ring is 1. The van der Waals surface area contributed by atoms with Crippen LogP contribution in [-0.2, 0) is 11.8 Å². The Kier molecular flexibility index (Phi) is 6.12. The van der Waals surface area contributed by atoms with Crippen LogP contribution in [0.4, 0.5) is 11.5 Å². The Bertz CT molecular complexity index is 1430. The molecule has 12 nitrogen and oxygen atoms in total. The molecule has 1 amide bonds. The molecule has 34 heavy (non-hydrogen) atoms. The van der Waals surface area contributed by atoms with E-state index in [-0.39, 0.29) is 39.1 Å². The molecule has 1 aromatic carbocycles. The maximum absolute atomic E-state index is 12.8. The summed E-state index contributed by atoms with van der Waals surface area (Å²) in [6, 6.07) is 8.91. The Labute approximate surface area is 196 Å². The molecule has 0 aliphatic carbocycles. The third-order valence-corrected chi connectivity index (χ3v) is 6.01. The van der Waals surface area contributed by atoms with Gasteiger partial charge in [0.1, 0.15) is 47.3 Å². The van der Waals surface area contributed by atoms with Gasteiger partial charge < -0.3 is 20.5 Å². The van der Waals surface area contributed by atoms with Crippen LogP contribution >= 0.6 is 11.8 Å². The number of aryl methyl sites for hydroxylation is 1. The molecule has 2 aromatic heterocycles. The zero-order chi connectivity index (χ0) is 24.4. The van der Waals surface area contributed by atoms with Gasteiger partial charge in [-0.2, -0.15) is 10.5 Å². The van der Waals surface area contributed by atoms with Gasteiger partial charge in [-0.25, -0.2) is 9.78 Å². The molecule has 3 heterocycles. The minimum atomic E-state index is -0.790. The van der Waals surface area contributed by atoms with Crippen LogP contribution in [0.1, 0.15) is 18.1 Å². The zero-order valence-corrected chi connectivity index (χ0v) is 18.9. The summed E-state index contributed by atoms with van der Waals surface area (Å²) in [5.74, 6) is 0.570. The number of nitrogens with two attached hydrogens (primary N) is 1. The number of hydrogen-bond acceptors (Lipinski definition) is 10. The molecule has 0 saturated carbocycles. The first-order valence-corrected chi connectivity index (χ1v) is 10.8. The van der Waals surface area contributed by atoms with Crippen LogP contribution in [-0.4, -0.2) is 34.6 Å². The maximum atomic E-state index is 12.8. The average Bonchev–Trinajstić information content (AvgIpc) is 3.16. The Morgan fingerprint density at radius 2 is 1.97 bits per heavy atom. The fourth-order valence-corrected chi connectivity index (χ4v) is 4.23. The molecule has 0 saturated heterocycles. The number of H-pyrrole nitrogens is 1. The highest BCUT2D eigenvalue weighted by Gasteiger charge is 2.32. The number of aromatic nitrogens is 3. The molecule has 0 radical (unpaired) electrons. The summed E-state index contributed by atoms with van der Waals surface area (Å²) in [5.41, 5.74) is 5.38. The van der Waals surface area contributed by atoms with Gasteiger partial charge in [0.05, 0.1) is 10.8 Å². The number of carbonyl (C=O) groups is 1. The highest BCUT2D eigenvalue weighted by molar-refractivity contribution is 8.00. The van der Waals surface area contributed by atoms with Gasteiger partial charge in [0.2, 0.25) is 5.91 Å². The number of ether oxygens (including phenoxy) is 2. The van der Waals surface area contributed by atoms with E-state index in [4.69, 9.17) is 19.7 Å². The predicted molar refractivity (Wildman–Crippen MR) is 119 cm³/mol. The molecule has 1 aliphatic heterocycles. The highest BCUT2D eigenvalue weighted by atomic mass is 32.2. The lowest BCUT2D eigenvalue weighted by atomic mass is 10.0. The number of aromatic amines is 1. The SMILES string of the molecule is CC(Sc1nc(N)c(C#N)c(-c2c(=O)o[nH][n+]2C)c1C#N)C(=O)Nc1ccc2c(c1)OCCO2. The number of rotatable bonds is 5. The molecule has 0 spiro atoms. The van der Waals surface area contributed by atoms with Gasteiger partial charge in [0, 0.05) is 11.8 Å². The van der Waals surface area contributed by atoms with E-state index in [0.717, 1.165) is 11.8 Å². The normalized spacial score (nSPS) is 12.9. The maximum Gasteiger partial charge on any atom is 0.435 e. The van der Waals surface area contributed by atoms with Gasteiger partial charge in [-0.1, -0.05) is 16.4 Å². The third kappa shape index (κ3) is 4.12. The van der Waals surface area contributed by atoms with Crippen LogP contribution in [0.3, 0.4) is 0 Å². The van der Waals surface area contributed by atoms with Crippen molar-refractivity contribution in [3.63, 3.8) is 0 Å². The van der Waals surface area contributed by atoms with Crippen molar-refractivity contribution in [1.82, 2.24) is 10.3 Å². The fourth-order valence-electron chi connectivity index (χ4n) is 3.32. The van der Waals surface area contributed by atoms with Gasteiger partial charge in [-0.15, -0.1) is 0 Å². The summed E-state index contributed by atoms with van der Waals surface area (Å²) in [6.07, 6.45) is 0. The average molecular weight is 480 g/mol. The second kappa shape index (κ2) is 9.17. The van der Waals surface area contributed by atoms with Gasteiger partial charge in [-0.05, 0) is 24.3 Å². The van der Waals surface area contributed by atoms with Crippen LogP contribution < -0.4 is 30.8 Å². The van der Waals surface area contributed by atoms with E-state index in [2.05, 4.69) is 15.6 Å². The van der Waals surface area contributed by atoms with Gasteiger partial charge in [0.25, 0.3) is 0 Å². The number of amides is 1. The summed E-state index contributed by atoms with van der Waals surface area (Å²) in [7, 11) is 1.48. The molecule has 172 valence electrons. The minimum Gasteiger partial charge on any atom is -0.486 e. The lowest BCUT2D eigenvalue weighted by Crippen LogP contribution is -2.34. The first-order valence-electron chi connectivity index (χ1n) is 9.92. The fraction of sp³-hybridized carbons (Fsp3) is 0.238. The predicted octanol–water partition coefficient (Wildman–Crippen LogP) is 1.07. The van der Waals surface area contributed by atoms with E-state index >= 15 is 0 Å². The third-order valence-electron chi connectivity index (χ3n) is 4.92. The van der Waals surface area contributed by atoms with Gasteiger partial charge in [-0.3, -0.25) is 9.32 Å².